The largest absolute Gasteiger partial charge is 0.349 e. The molecule has 0 radical (unpaired) electrons. The molecule has 0 unspecified atom stereocenters. The first-order valence-corrected chi connectivity index (χ1v) is 17.8. The molecule has 0 heterocycles. The normalized spacial score (nSPS) is 13.6. The van der Waals surface area contributed by atoms with Crippen molar-refractivity contribution in [3.8, 4) is 0 Å². The van der Waals surface area contributed by atoms with E-state index in [0.29, 0.717) is 37.9 Å². The quantitative estimate of drug-likeness (QED) is 0.209. The number of rotatable bonds is 1. The zero-order valence-corrected chi connectivity index (χ0v) is 37.8. The van der Waals surface area contributed by atoms with Gasteiger partial charge in [-0.15, -0.1) is 0 Å². The van der Waals surface area contributed by atoms with Crippen molar-refractivity contribution in [2.75, 3.05) is 28.2 Å². The molecule has 0 aliphatic heterocycles. The van der Waals surface area contributed by atoms with Crippen LogP contribution in [0.4, 0.5) is 0 Å². The number of nitrogens with zero attached hydrogens (tertiary/aromatic N) is 3. The lowest BCUT2D eigenvalue weighted by atomic mass is 9.71. The van der Waals surface area contributed by atoms with E-state index in [0.717, 1.165) is 11.9 Å². The van der Waals surface area contributed by atoms with E-state index in [2.05, 4.69) is 197 Å². The third-order valence-corrected chi connectivity index (χ3v) is 8.49. The third-order valence-electron chi connectivity index (χ3n) is 8.49. The van der Waals surface area contributed by atoms with E-state index in [9.17, 15) is 0 Å². The minimum absolute atomic E-state index is 0.124. The van der Waals surface area contributed by atoms with Crippen LogP contribution in [0.1, 0.15) is 193 Å². The molecule has 0 rings (SSSR count). The van der Waals surface area contributed by atoms with E-state index < -0.39 is 0 Å². The lowest BCUT2D eigenvalue weighted by molar-refractivity contribution is 0.157. The Morgan fingerprint density at radius 3 is 0.733 bits per heavy atom. The summed E-state index contributed by atoms with van der Waals surface area (Å²) < 4.78 is 0. The maximum absolute atomic E-state index is 4.22. The van der Waals surface area contributed by atoms with Gasteiger partial charge in [0, 0.05) is 33.7 Å². The van der Waals surface area contributed by atoms with Crippen molar-refractivity contribution in [2.24, 2.45) is 48.8 Å². The van der Waals surface area contributed by atoms with Crippen molar-refractivity contribution in [3.05, 3.63) is 0 Å². The van der Waals surface area contributed by atoms with Gasteiger partial charge in [-0.1, -0.05) is 159 Å². The molecule has 0 saturated heterocycles. The molecule has 0 bridgehead atoms. The Morgan fingerprint density at radius 1 is 0.467 bits per heavy atom. The van der Waals surface area contributed by atoms with Crippen LogP contribution in [0, 0.1) is 43.8 Å². The summed E-state index contributed by atoms with van der Waals surface area (Å²) in [6.45, 7) is 58.9. The molecule has 0 aromatic rings. The molecule has 0 N–H and O–H groups in total. The van der Waals surface area contributed by atoms with Crippen molar-refractivity contribution in [1.82, 2.24) is 9.80 Å². The smallest absolute Gasteiger partial charge is 0.195 e. The van der Waals surface area contributed by atoms with Crippen molar-refractivity contribution < 1.29 is 0 Å². The summed E-state index contributed by atoms with van der Waals surface area (Å²) in [6, 6.07) is 0. The maximum Gasteiger partial charge on any atom is 0.195 e. The molecule has 0 aromatic carbocycles. The first-order chi connectivity index (χ1) is 18.9. The minimum atomic E-state index is 0.124. The highest BCUT2D eigenvalue weighted by atomic mass is 15.4. The van der Waals surface area contributed by atoms with Crippen molar-refractivity contribution >= 4 is 5.96 Å². The average molecular weight is 642 g/mol. The fourth-order valence-corrected chi connectivity index (χ4v) is 3.77. The standard InChI is InChI=1S/C9H21N3.C9H20.3C8H18/c1-9(2,3)12(7)8(10-4)11(5)6;1-8(2,3)7-9(4,5)6;1-7(2)6-8(3,4)5;2*1-7(2,3)8(4,5)6/h1-7H3;7H2,1-6H3;7H,6H2,1-5H3;2*1-6H3. The zero-order valence-electron chi connectivity index (χ0n) is 37.8. The SMILES string of the molecule is CC(C)(C)C(C)(C)C.CC(C)(C)C(C)(C)C.CC(C)(C)CC(C)(C)C.CC(C)CC(C)(C)C.CN=C(N(C)C)N(C)C(C)(C)C. The predicted molar refractivity (Wildman–Crippen MR) is 215 cm³/mol. The highest BCUT2D eigenvalue weighted by Gasteiger charge is 2.27. The van der Waals surface area contributed by atoms with Gasteiger partial charge in [-0.3, -0.25) is 4.99 Å². The van der Waals surface area contributed by atoms with E-state index >= 15 is 0 Å². The van der Waals surface area contributed by atoms with Crippen LogP contribution in [0.5, 0.6) is 0 Å². The second-order valence-electron chi connectivity index (χ2n) is 22.6. The highest BCUT2D eigenvalue weighted by Crippen LogP contribution is 2.37. The third kappa shape index (κ3) is 37.6. The minimum Gasteiger partial charge on any atom is -0.349 e. The summed E-state index contributed by atoms with van der Waals surface area (Å²) in [5.41, 5.74) is 3.36. The fourth-order valence-electron chi connectivity index (χ4n) is 3.77. The van der Waals surface area contributed by atoms with Gasteiger partial charge in [-0.2, -0.15) is 0 Å². The van der Waals surface area contributed by atoms with Gasteiger partial charge < -0.3 is 9.80 Å². The molecule has 0 aliphatic carbocycles. The number of hydrogen-bond acceptors (Lipinski definition) is 1. The van der Waals surface area contributed by atoms with E-state index in [1.165, 1.54) is 12.8 Å². The van der Waals surface area contributed by atoms with Gasteiger partial charge in [-0.05, 0) is 77.4 Å². The first-order valence-electron chi connectivity index (χ1n) is 17.8. The second-order valence-corrected chi connectivity index (χ2v) is 22.6. The lowest BCUT2D eigenvalue weighted by Gasteiger charge is -2.37. The average Bonchev–Trinajstić information content (AvgIpc) is 2.61. The van der Waals surface area contributed by atoms with Crippen LogP contribution >= 0.6 is 0 Å². The molecule has 0 spiro atoms. The molecule has 0 fully saturated rings. The summed E-state index contributed by atoms with van der Waals surface area (Å²) in [5, 5.41) is 0. The van der Waals surface area contributed by atoms with E-state index in [1.807, 2.05) is 26.0 Å². The van der Waals surface area contributed by atoms with Gasteiger partial charge in [0.1, 0.15) is 0 Å². The Morgan fingerprint density at radius 2 is 0.711 bits per heavy atom. The molecule has 0 aliphatic rings. The monoisotopic (exact) mass is 642 g/mol. The molecule has 0 amide bonds. The number of hydrogen-bond donors (Lipinski definition) is 0. The first kappa shape index (κ1) is 53.7. The zero-order chi connectivity index (χ0) is 38.4. The molecular formula is C42H95N3. The van der Waals surface area contributed by atoms with E-state index in [-0.39, 0.29) is 5.54 Å². The van der Waals surface area contributed by atoms with Gasteiger partial charge >= 0.3 is 0 Å². The summed E-state index contributed by atoms with van der Waals surface area (Å²) >= 11 is 0. The van der Waals surface area contributed by atoms with Crippen LogP contribution < -0.4 is 0 Å². The van der Waals surface area contributed by atoms with Gasteiger partial charge in [0.25, 0.3) is 0 Å². The molecule has 0 atom stereocenters. The van der Waals surface area contributed by atoms with Gasteiger partial charge in [0.15, 0.2) is 5.96 Å². The number of aliphatic imine (C=N–C) groups is 1. The van der Waals surface area contributed by atoms with Crippen LogP contribution in [-0.4, -0.2) is 49.5 Å². The molecule has 278 valence electrons. The Bertz CT molecular complexity index is 683. The van der Waals surface area contributed by atoms with Crippen LogP contribution in [0.3, 0.4) is 0 Å². The topological polar surface area (TPSA) is 18.8 Å². The molecule has 45 heavy (non-hydrogen) atoms. The predicted octanol–water partition coefficient (Wildman–Crippen LogP) is 14.0. The van der Waals surface area contributed by atoms with Crippen molar-refractivity contribution in [1.29, 1.82) is 0 Å². The molecule has 3 nitrogen and oxygen atoms in total. The van der Waals surface area contributed by atoms with Crippen LogP contribution in [0.15, 0.2) is 4.99 Å². The van der Waals surface area contributed by atoms with Crippen LogP contribution in [-0.2, 0) is 0 Å². The summed E-state index contributed by atoms with van der Waals surface area (Å²) in [4.78, 5) is 8.40. The molecule has 0 aromatic heterocycles. The van der Waals surface area contributed by atoms with Crippen molar-refractivity contribution in [3.63, 3.8) is 0 Å². The van der Waals surface area contributed by atoms with Crippen LogP contribution in [0.2, 0.25) is 0 Å². The van der Waals surface area contributed by atoms with Crippen LogP contribution in [0.25, 0.3) is 0 Å². The van der Waals surface area contributed by atoms with Gasteiger partial charge in [0.2, 0.25) is 0 Å². The van der Waals surface area contributed by atoms with Gasteiger partial charge in [0.05, 0.1) is 0 Å². The second kappa shape index (κ2) is 19.9. The Hall–Kier alpha value is -0.730. The Labute approximate surface area is 290 Å². The lowest BCUT2D eigenvalue weighted by Crippen LogP contribution is -2.48. The summed E-state index contributed by atoms with van der Waals surface area (Å²) in [7, 11) is 7.88. The number of guanidine groups is 1. The van der Waals surface area contributed by atoms with Crippen molar-refractivity contribution in [2.45, 2.75) is 198 Å². The Balaban J connectivity index is -0.000000150. The summed E-state index contributed by atoms with van der Waals surface area (Å²) in [5.74, 6) is 1.84. The fraction of sp³-hybridized carbons (Fsp3) is 0.976. The van der Waals surface area contributed by atoms with E-state index in [1.54, 1.807) is 0 Å². The van der Waals surface area contributed by atoms with E-state index in [4.69, 9.17) is 0 Å². The highest BCUT2D eigenvalue weighted by molar-refractivity contribution is 5.79. The molecular weight excluding hydrogens is 546 g/mol. The maximum atomic E-state index is 4.22. The Kier molecular flexibility index (Phi) is 23.8. The molecule has 0 saturated carbocycles. The van der Waals surface area contributed by atoms with Gasteiger partial charge in [-0.25, -0.2) is 0 Å². The summed E-state index contributed by atoms with van der Waals surface area (Å²) in [6.07, 6.45) is 2.62. The molecule has 3 heteroatoms.